The van der Waals surface area contributed by atoms with Gasteiger partial charge >= 0.3 is 12.0 Å². The fourth-order valence-electron chi connectivity index (χ4n) is 1.43. The number of rotatable bonds is 5. The molecule has 1 aromatic rings. The van der Waals surface area contributed by atoms with Crippen LogP contribution >= 0.6 is 0 Å². The molecule has 0 heterocycles. The molecule has 0 saturated heterocycles. The fraction of sp³-hybridized carbons (Fsp3) is 0.231. The lowest BCUT2D eigenvalue weighted by atomic mass is 10.1. The summed E-state index contributed by atoms with van der Waals surface area (Å²) in [5, 5.41) is 11.6. The topological polar surface area (TPSA) is 78.9 Å². The molecule has 0 fully saturated rings. The van der Waals surface area contributed by atoms with Crippen LogP contribution in [0.2, 0.25) is 0 Å². The van der Waals surface area contributed by atoms with Gasteiger partial charge in [-0.3, -0.25) is 0 Å². The highest BCUT2D eigenvalue weighted by Crippen LogP contribution is 2.22. The van der Waals surface area contributed by atoms with Gasteiger partial charge in [0.1, 0.15) is 5.75 Å². The van der Waals surface area contributed by atoms with Crippen LogP contribution in [-0.4, -0.2) is 42.7 Å². The van der Waals surface area contributed by atoms with E-state index in [0.29, 0.717) is 12.3 Å². The SMILES string of the molecule is C=CCN(C)C(=O)Nc1cc(OC)ccc1C(=O)O. The lowest BCUT2D eigenvalue weighted by Crippen LogP contribution is -2.31. The number of urea groups is 1. The van der Waals surface area contributed by atoms with Crippen LogP contribution in [0, 0.1) is 0 Å². The van der Waals surface area contributed by atoms with Crippen LogP contribution in [0.5, 0.6) is 5.75 Å². The maximum atomic E-state index is 11.8. The predicted molar refractivity (Wildman–Crippen MR) is 71.8 cm³/mol. The van der Waals surface area contributed by atoms with Gasteiger partial charge in [0.05, 0.1) is 18.4 Å². The number of anilines is 1. The molecule has 2 N–H and O–H groups in total. The average molecular weight is 264 g/mol. The number of carboxylic acid groups (broad SMARTS) is 1. The van der Waals surface area contributed by atoms with E-state index in [1.165, 1.54) is 30.2 Å². The number of aromatic carboxylic acids is 1. The van der Waals surface area contributed by atoms with Crippen molar-refractivity contribution < 1.29 is 19.4 Å². The Bertz CT molecular complexity index is 499. The summed E-state index contributed by atoms with van der Waals surface area (Å²) in [7, 11) is 3.04. The van der Waals surface area contributed by atoms with Crippen LogP contribution in [0.15, 0.2) is 30.9 Å². The van der Waals surface area contributed by atoms with E-state index >= 15 is 0 Å². The molecule has 6 heteroatoms. The maximum Gasteiger partial charge on any atom is 0.337 e. The maximum absolute atomic E-state index is 11.8. The first kappa shape index (κ1) is 14.6. The monoisotopic (exact) mass is 264 g/mol. The van der Waals surface area contributed by atoms with E-state index in [1.54, 1.807) is 13.1 Å². The van der Waals surface area contributed by atoms with Crippen molar-refractivity contribution in [3.63, 3.8) is 0 Å². The van der Waals surface area contributed by atoms with Gasteiger partial charge in [0.15, 0.2) is 0 Å². The van der Waals surface area contributed by atoms with Gasteiger partial charge in [-0.25, -0.2) is 9.59 Å². The van der Waals surface area contributed by atoms with Crippen LogP contribution < -0.4 is 10.1 Å². The number of likely N-dealkylation sites (N-methyl/N-ethyl adjacent to an activating group) is 1. The molecule has 0 atom stereocenters. The van der Waals surface area contributed by atoms with E-state index in [9.17, 15) is 9.59 Å². The first-order valence-corrected chi connectivity index (χ1v) is 5.54. The molecule has 0 aliphatic heterocycles. The lowest BCUT2D eigenvalue weighted by molar-refractivity contribution is 0.0698. The first-order valence-electron chi connectivity index (χ1n) is 5.54. The van der Waals surface area contributed by atoms with Crippen molar-refractivity contribution in [2.75, 3.05) is 26.0 Å². The number of carbonyl (C=O) groups is 2. The summed E-state index contributed by atoms with van der Waals surface area (Å²) in [6, 6.07) is 3.94. The summed E-state index contributed by atoms with van der Waals surface area (Å²) in [5.74, 6) is -0.656. The minimum atomic E-state index is -1.12. The van der Waals surface area contributed by atoms with Gasteiger partial charge in [-0.1, -0.05) is 6.08 Å². The van der Waals surface area contributed by atoms with Crippen molar-refractivity contribution in [3.05, 3.63) is 36.4 Å². The molecule has 0 aromatic heterocycles. The number of carbonyl (C=O) groups excluding carboxylic acids is 1. The average Bonchev–Trinajstić information content (AvgIpc) is 2.38. The van der Waals surface area contributed by atoms with Gasteiger partial charge in [0, 0.05) is 19.7 Å². The largest absolute Gasteiger partial charge is 0.497 e. The van der Waals surface area contributed by atoms with Crippen LogP contribution in [-0.2, 0) is 0 Å². The quantitative estimate of drug-likeness (QED) is 0.798. The second-order valence-corrected chi connectivity index (χ2v) is 3.82. The molecule has 102 valence electrons. The van der Waals surface area contributed by atoms with Gasteiger partial charge in [-0.2, -0.15) is 0 Å². The van der Waals surface area contributed by atoms with Crippen molar-refractivity contribution in [1.82, 2.24) is 4.90 Å². The Hall–Kier alpha value is -2.50. The number of benzene rings is 1. The molecule has 2 amide bonds. The van der Waals surface area contributed by atoms with E-state index in [0.717, 1.165) is 0 Å². The summed E-state index contributed by atoms with van der Waals surface area (Å²) in [5.41, 5.74) is 0.189. The molecule has 0 unspecified atom stereocenters. The van der Waals surface area contributed by atoms with Crippen LogP contribution in [0.3, 0.4) is 0 Å². The third-order valence-corrected chi connectivity index (χ3v) is 2.45. The Balaban J connectivity index is 3.00. The van der Waals surface area contributed by atoms with Crippen LogP contribution in [0.25, 0.3) is 0 Å². The van der Waals surface area contributed by atoms with Crippen molar-refractivity contribution in [3.8, 4) is 5.75 Å². The first-order chi connectivity index (χ1) is 8.99. The molecule has 0 aliphatic rings. The van der Waals surface area contributed by atoms with Gasteiger partial charge in [-0.05, 0) is 12.1 Å². The zero-order valence-electron chi connectivity index (χ0n) is 10.8. The zero-order valence-corrected chi connectivity index (χ0v) is 10.8. The Labute approximate surface area is 111 Å². The summed E-state index contributed by atoms with van der Waals surface area (Å²) >= 11 is 0. The Morgan fingerprint density at radius 1 is 1.53 bits per heavy atom. The summed E-state index contributed by atoms with van der Waals surface area (Å²) in [6.45, 7) is 3.89. The number of carboxylic acids is 1. The Kier molecular flexibility index (Phi) is 4.93. The molecule has 0 saturated carbocycles. The second kappa shape index (κ2) is 6.44. The number of methoxy groups -OCH3 is 1. The van der Waals surface area contributed by atoms with E-state index in [-0.39, 0.29) is 11.3 Å². The van der Waals surface area contributed by atoms with E-state index < -0.39 is 12.0 Å². The number of nitrogens with zero attached hydrogens (tertiary/aromatic N) is 1. The number of amides is 2. The molecular weight excluding hydrogens is 248 g/mol. The molecule has 1 aromatic carbocycles. The van der Waals surface area contributed by atoms with Crippen LogP contribution in [0.4, 0.5) is 10.5 Å². The summed E-state index contributed by atoms with van der Waals surface area (Å²) in [6.07, 6.45) is 1.57. The van der Waals surface area contributed by atoms with Crippen molar-refractivity contribution in [2.45, 2.75) is 0 Å². The third-order valence-electron chi connectivity index (χ3n) is 2.45. The smallest absolute Gasteiger partial charge is 0.337 e. The molecule has 6 nitrogen and oxygen atoms in total. The highest BCUT2D eigenvalue weighted by Gasteiger charge is 2.15. The number of ether oxygens (including phenoxy) is 1. The summed E-state index contributed by atoms with van der Waals surface area (Å²) in [4.78, 5) is 24.3. The van der Waals surface area contributed by atoms with Crippen molar-refractivity contribution in [1.29, 1.82) is 0 Å². The van der Waals surface area contributed by atoms with Crippen molar-refractivity contribution in [2.24, 2.45) is 0 Å². The second-order valence-electron chi connectivity index (χ2n) is 3.82. The number of hydrogen-bond acceptors (Lipinski definition) is 3. The van der Waals surface area contributed by atoms with E-state index in [2.05, 4.69) is 11.9 Å². The Morgan fingerprint density at radius 2 is 2.21 bits per heavy atom. The molecular formula is C13H16N2O4. The number of nitrogens with one attached hydrogen (secondary N) is 1. The van der Waals surface area contributed by atoms with Gasteiger partial charge < -0.3 is 20.1 Å². The third kappa shape index (κ3) is 3.74. The normalized spacial score (nSPS) is 9.58. The number of hydrogen-bond donors (Lipinski definition) is 2. The fourth-order valence-corrected chi connectivity index (χ4v) is 1.43. The molecule has 0 spiro atoms. The highest BCUT2D eigenvalue weighted by atomic mass is 16.5. The zero-order chi connectivity index (χ0) is 14.4. The highest BCUT2D eigenvalue weighted by molar-refractivity contribution is 6.00. The minimum absolute atomic E-state index is 0.00107. The van der Waals surface area contributed by atoms with Crippen molar-refractivity contribution >= 4 is 17.7 Å². The standard InChI is InChI=1S/C13H16N2O4/c1-4-7-15(2)13(18)14-11-8-9(19-3)5-6-10(11)12(16)17/h4-6,8H,1,7H2,2-3H3,(H,14,18)(H,16,17). The Morgan fingerprint density at radius 3 is 2.74 bits per heavy atom. The molecule has 19 heavy (non-hydrogen) atoms. The van der Waals surface area contributed by atoms with Gasteiger partial charge in [0.25, 0.3) is 0 Å². The predicted octanol–water partition coefficient (Wildman–Crippen LogP) is 2.04. The lowest BCUT2D eigenvalue weighted by Gasteiger charge is -2.17. The molecule has 1 rings (SSSR count). The van der Waals surface area contributed by atoms with Crippen LogP contribution in [0.1, 0.15) is 10.4 Å². The summed E-state index contributed by atoms with van der Waals surface area (Å²) < 4.78 is 5.01. The van der Waals surface area contributed by atoms with Gasteiger partial charge in [-0.15, -0.1) is 6.58 Å². The molecule has 0 radical (unpaired) electrons. The van der Waals surface area contributed by atoms with Gasteiger partial charge in [0.2, 0.25) is 0 Å². The van der Waals surface area contributed by atoms with E-state index in [4.69, 9.17) is 9.84 Å². The molecule has 0 bridgehead atoms. The molecule has 0 aliphatic carbocycles. The van der Waals surface area contributed by atoms with E-state index in [1.807, 2.05) is 0 Å². The minimum Gasteiger partial charge on any atom is -0.497 e.